The molecule has 0 aromatic carbocycles. The molecule has 0 aliphatic heterocycles. The SMILES string of the molecule is CC(C)(C)C.CNC(C)(C)C. The van der Waals surface area contributed by atoms with E-state index in [1.54, 1.807) is 0 Å². The summed E-state index contributed by atoms with van der Waals surface area (Å²) in [6.45, 7) is 15.1. The van der Waals surface area contributed by atoms with Crippen LogP contribution in [0.4, 0.5) is 0 Å². The molecule has 0 rings (SSSR count). The van der Waals surface area contributed by atoms with E-state index in [0.717, 1.165) is 0 Å². The van der Waals surface area contributed by atoms with Crippen LogP contribution in [-0.2, 0) is 0 Å². The van der Waals surface area contributed by atoms with Gasteiger partial charge in [0, 0.05) is 5.54 Å². The Hall–Kier alpha value is -0.0400. The summed E-state index contributed by atoms with van der Waals surface area (Å²) in [6.07, 6.45) is 0. The smallest absolute Gasteiger partial charge is 0.00935 e. The monoisotopic (exact) mass is 159 g/mol. The van der Waals surface area contributed by atoms with Gasteiger partial charge < -0.3 is 5.32 Å². The van der Waals surface area contributed by atoms with Crippen LogP contribution in [-0.4, -0.2) is 12.6 Å². The maximum Gasteiger partial charge on any atom is 0.00935 e. The second kappa shape index (κ2) is 4.76. The van der Waals surface area contributed by atoms with Gasteiger partial charge >= 0.3 is 0 Å². The van der Waals surface area contributed by atoms with Crippen LogP contribution in [0.15, 0.2) is 0 Å². The molecule has 0 atom stereocenters. The standard InChI is InChI=1S/C5H13N.C5H12/c1-5(2,3)6-4;1-5(2,3)4/h6H,1-4H3;1-4H3. The third-order valence-corrected chi connectivity index (χ3v) is 0.750. The Morgan fingerprint density at radius 3 is 0.818 bits per heavy atom. The van der Waals surface area contributed by atoms with Crippen LogP contribution in [0.1, 0.15) is 48.5 Å². The summed E-state index contributed by atoms with van der Waals surface area (Å²) in [5, 5.41) is 3.10. The molecule has 11 heavy (non-hydrogen) atoms. The van der Waals surface area contributed by atoms with Crippen molar-refractivity contribution >= 4 is 0 Å². The first-order valence-electron chi connectivity index (χ1n) is 4.25. The minimum atomic E-state index is 0.292. The third-order valence-electron chi connectivity index (χ3n) is 0.750. The predicted molar refractivity (Wildman–Crippen MR) is 53.9 cm³/mol. The van der Waals surface area contributed by atoms with E-state index >= 15 is 0 Å². The summed E-state index contributed by atoms with van der Waals surface area (Å²) in [4.78, 5) is 0. The molecule has 0 aromatic rings. The van der Waals surface area contributed by atoms with Gasteiger partial charge in [-0.15, -0.1) is 0 Å². The topological polar surface area (TPSA) is 12.0 Å². The van der Waals surface area contributed by atoms with E-state index < -0.39 is 0 Å². The number of hydrogen-bond acceptors (Lipinski definition) is 1. The minimum absolute atomic E-state index is 0.292. The maximum atomic E-state index is 3.10. The van der Waals surface area contributed by atoms with Gasteiger partial charge in [-0.2, -0.15) is 0 Å². The molecule has 1 nitrogen and oxygen atoms in total. The fourth-order valence-corrected chi connectivity index (χ4v) is 0. The highest BCUT2D eigenvalue weighted by Gasteiger charge is 2.01. The summed E-state index contributed by atoms with van der Waals surface area (Å²) in [5.74, 6) is 0. The average Bonchev–Trinajstić information content (AvgIpc) is 1.59. The van der Waals surface area contributed by atoms with E-state index in [1.165, 1.54) is 0 Å². The van der Waals surface area contributed by atoms with Gasteiger partial charge in [-0.3, -0.25) is 0 Å². The van der Waals surface area contributed by atoms with Gasteiger partial charge in [0.1, 0.15) is 0 Å². The minimum Gasteiger partial charge on any atom is -0.315 e. The molecule has 0 spiro atoms. The van der Waals surface area contributed by atoms with E-state index in [9.17, 15) is 0 Å². The quantitative estimate of drug-likeness (QED) is 0.573. The van der Waals surface area contributed by atoms with Crippen molar-refractivity contribution in [2.45, 2.75) is 54.0 Å². The van der Waals surface area contributed by atoms with Gasteiger partial charge in [0.05, 0.1) is 0 Å². The van der Waals surface area contributed by atoms with Gasteiger partial charge in [-0.1, -0.05) is 27.7 Å². The summed E-state index contributed by atoms with van der Waals surface area (Å²) < 4.78 is 0. The molecule has 0 saturated carbocycles. The number of hydrogen-bond donors (Lipinski definition) is 1. The predicted octanol–water partition coefficient (Wildman–Crippen LogP) is 3.06. The first kappa shape index (κ1) is 13.5. The summed E-state index contributed by atoms with van der Waals surface area (Å²) in [6, 6.07) is 0. The van der Waals surface area contributed by atoms with E-state index in [4.69, 9.17) is 0 Å². The van der Waals surface area contributed by atoms with Crippen LogP contribution >= 0.6 is 0 Å². The molecule has 0 aliphatic carbocycles. The van der Waals surface area contributed by atoms with Crippen LogP contribution < -0.4 is 5.32 Å². The summed E-state index contributed by atoms with van der Waals surface area (Å²) in [7, 11) is 1.96. The van der Waals surface area contributed by atoms with Crippen LogP contribution in [0, 0.1) is 5.41 Å². The molecule has 0 unspecified atom stereocenters. The Labute approximate surface area is 72.6 Å². The molecule has 0 radical (unpaired) electrons. The molecule has 1 heteroatoms. The second-order valence-corrected chi connectivity index (χ2v) is 5.50. The normalized spacial score (nSPS) is 12.0. The van der Waals surface area contributed by atoms with Gasteiger partial charge in [-0.25, -0.2) is 0 Å². The van der Waals surface area contributed by atoms with Crippen molar-refractivity contribution in [3.05, 3.63) is 0 Å². The zero-order valence-electron chi connectivity index (χ0n) is 9.50. The molecular weight excluding hydrogens is 134 g/mol. The van der Waals surface area contributed by atoms with E-state index in [0.29, 0.717) is 11.0 Å². The third kappa shape index (κ3) is 72.0. The molecule has 0 amide bonds. The van der Waals surface area contributed by atoms with Crippen molar-refractivity contribution in [2.24, 2.45) is 5.41 Å². The maximum absolute atomic E-state index is 3.10. The zero-order chi connectivity index (χ0) is 9.71. The van der Waals surface area contributed by atoms with Gasteiger partial charge in [0.25, 0.3) is 0 Å². The molecule has 0 aliphatic rings. The average molecular weight is 159 g/mol. The molecule has 0 saturated heterocycles. The summed E-state index contributed by atoms with van der Waals surface area (Å²) in [5.41, 5.74) is 0.792. The lowest BCUT2D eigenvalue weighted by Crippen LogP contribution is -2.31. The molecular formula is C10H25N. The first-order chi connectivity index (χ1) is 4.56. The second-order valence-electron chi connectivity index (χ2n) is 5.50. The Morgan fingerprint density at radius 1 is 0.727 bits per heavy atom. The highest BCUT2D eigenvalue weighted by atomic mass is 14.9. The van der Waals surface area contributed by atoms with E-state index in [1.807, 2.05) is 7.05 Å². The highest BCUT2D eigenvalue weighted by Crippen LogP contribution is 2.08. The molecule has 0 fully saturated rings. The molecule has 0 heterocycles. The fourth-order valence-electron chi connectivity index (χ4n) is 0. The van der Waals surface area contributed by atoms with Gasteiger partial charge in [0.2, 0.25) is 0 Å². The van der Waals surface area contributed by atoms with Crippen molar-refractivity contribution < 1.29 is 0 Å². The van der Waals surface area contributed by atoms with Crippen molar-refractivity contribution in [1.29, 1.82) is 0 Å². The lowest BCUT2D eigenvalue weighted by Gasteiger charge is -2.15. The molecule has 1 N–H and O–H groups in total. The van der Waals surface area contributed by atoms with Crippen LogP contribution in [0.5, 0.6) is 0 Å². The number of nitrogens with one attached hydrogen (secondary N) is 1. The lowest BCUT2D eigenvalue weighted by atomic mass is 10.0. The summed E-state index contributed by atoms with van der Waals surface area (Å²) >= 11 is 0. The molecule has 70 valence electrons. The van der Waals surface area contributed by atoms with Crippen molar-refractivity contribution in [3.63, 3.8) is 0 Å². The Kier molecular flexibility index (Phi) is 5.86. The van der Waals surface area contributed by atoms with Gasteiger partial charge in [-0.05, 0) is 33.2 Å². The van der Waals surface area contributed by atoms with Crippen LogP contribution in [0.25, 0.3) is 0 Å². The van der Waals surface area contributed by atoms with Crippen LogP contribution in [0.3, 0.4) is 0 Å². The van der Waals surface area contributed by atoms with Crippen LogP contribution in [0.2, 0.25) is 0 Å². The van der Waals surface area contributed by atoms with Gasteiger partial charge in [0.15, 0.2) is 0 Å². The van der Waals surface area contributed by atoms with Crippen molar-refractivity contribution in [2.75, 3.05) is 7.05 Å². The lowest BCUT2D eigenvalue weighted by molar-refractivity contribution is 0.469. The number of rotatable bonds is 0. The highest BCUT2D eigenvalue weighted by molar-refractivity contribution is 4.65. The Morgan fingerprint density at radius 2 is 0.818 bits per heavy atom. The molecule has 0 bridgehead atoms. The largest absolute Gasteiger partial charge is 0.315 e. The van der Waals surface area contributed by atoms with Crippen molar-refractivity contribution in [1.82, 2.24) is 5.32 Å². The van der Waals surface area contributed by atoms with E-state index in [-0.39, 0.29) is 0 Å². The fraction of sp³-hybridized carbons (Fsp3) is 1.00. The first-order valence-corrected chi connectivity index (χ1v) is 4.25. The Bertz CT molecular complexity index is 76.0. The molecule has 0 aromatic heterocycles. The Balaban J connectivity index is 0. The van der Waals surface area contributed by atoms with Crippen molar-refractivity contribution in [3.8, 4) is 0 Å². The zero-order valence-corrected chi connectivity index (χ0v) is 9.50. The van der Waals surface area contributed by atoms with E-state index in [2.05, 4.69) is 53.8 Å².